The number of aromatic nitrogens is 1. The number of likely N-dealkylation sites (tertiary alicyclic amines) is 1. The van der Waals surface area contributed by atoms with E-state index < -0.39 is 23.1 Å². The van der Waals surface area contributed by atoms with E-state index in [1.165, 1.54) is 22.1 Å². The molecule has 0 N–H and O–H groups in total. The molecule has 1 aromatic heterocycles. The maximum atomic E-state index is 13.8. The highest BCUT2D eigenvalue weighted by molar-refractivity contribution is 5.95. The topological polar surface area (TPSA) is 62.7 Å². The standard InChI is InChI=1S/C20H21F2N3O3/c1-24(2)19(26)13-6-7-17(23-12-13)28-14-8-10-25(11-9-14)20(27)18-15(21)4-3-5-16(18)22/h3-7,12,14H,8-11H2,1-2H3. The van der Waals surface area contributed by atoms with Gasteiger partial charge in [0.25, 0.3) is 11.8 Å². The van der Waals surface area contributed by atoms with Crippen LogP contribution in [0.15, 0.2) is 36.5 Å². The maximum absolute atomic E-state index is 13.8. The van der Waals surface area contributed by atoms with Crippen molar-refractivity contribution in [3.05, 3.63) is 59.3 Å². The van der Waals surface area contributed by atoms with Crippen LogP contribution in [0.4, 0.5) is 8.78 Å². The molecule has 0 unspecified atom stereocenters. The van der Waals surface area contributed by atoms with E-state index in [4.69, 9.17) is 4.74 Å². The van der Waals surface area contributed by atoms with E-state index in [0.29, 0.717) is 37.4 Å². The summed E-state index contributed by atoms with van der Waals surface area (Å²) in [6, 6.07) is 6.64. The van der Waals surface area contributed by atoms with Crippen LogP contribution in [-0.2, 0) is 0 Å². The van der Waals surface area contributed by atoms with Crippen LogP contribution in [0.25, 0.3) is 0 Å². The Balaban J connectivity index is 1.57. The average Bonchev–Trinajstić information content (AvgIpc) is 2.68. The van der Waals surface area contributed by atoms with Crippen molar-refractivity contribution < 1.29 is 23.1 Å². The summed E-state index contributed by atoms with van der Waals surface area (Å²) < 4.78 is 33.4. The third-order valence-corrected chi connectivity index (χ3v) is 4.58. The number of ether oxygens (including phenoxy) is 1. The highest BCUT2D eigenvalue weighted by atomic mass is 19.1. The number of carbonyl (C=O) groups excluding carboxylic acids is 2. The zero-order valence-electron chi connectivity index (χ0n) is 15.7. The summed E-state index contributed by atoms with van der Waals surface area (Å²) >= 11 is 0. The Hall–Kier alpha value is -3.03. The van der Waals surface area contributed by atoms with Crippen molar-refractivity contribution >= 4 is 11.8 Å². The molecule has 1 aromatic carbocycles. The van der Waals surface area contributed by atoms with Gasteiger partial charge in [-0.1, -0.05) is 6.07 Å². The molecule has 2 heterocycles. The Morgan fingerprint density at radius 3 is 2.29 bits per heavy atom. The lowest BCUT2D eigenvalue weighted by molar-refractivity contribution is 0.0579. The van der Waals surface area contributed by atoms with Crippen LogP contribution in [0.5, 0.6) is 5.88 Å². The van der Waals surface area contributed by atoms with Crippen molar-refractivity contribution in [2.24, 2.45) is 0 Å². The first-order valence-corrected chi connectivity index (χ1v) is 8.94. The second-order valence-electron chi connectivity index (χ2n) is 6.79. The lowest BCUT2D eigenvalue weighted by Gasteiger charge is -2.32. The first kappa shape index (κ1) is 19.7. The molecule has 0 spiro atoms. The molecule has 0 bridgehead atoms. The summed E-state index contributed by atoms with van der Waals surface area (Å²) in [5, 5.41) is 0. The maximum Gasteiger partial charge on any atom is 0.259 e. The highest BCUT2D eigenvalue weighted by Crippen LogP contribution is 2.21. The van der Waals surface area contributed by atoms with Gasteiger partial charge >= 0.3 is 0 Å². The van der Waals surface area contributed by atoms with Crippen molar-refractivity contribution in [2.45, 2.75) is 18.9 Å². The molecule has 0 saturated carbocycles. The van der Waals surface area contributed by atoms with Gasteiger partial charge in [0.2, 0.25) is 5.88 Å². The van der Waals surface area contributed by atoms with E-state index in [0.717, 1.165) is 12.1 Å². The Morgan fingerprint density at radius 1 is 1.11 bits per heavy atom. The van der Waals surface area contributed by atoms with Gasteiger partial charge in [0.1, 0.15) is 23.3 Å². The number of hydrogen-bond donors (Lipinski definition) is 0. The van der Waals surface area contributed by atoms with Crippen molar-refractivity contribution in [2.75, 3.05) is 27.2 Å². The van der Waals surface area contributed by atoms with Crippen LogP contribution in [0.3, 0.4) is 0 Å². The summed E-state index contributed by atoms with van der Waals surface area (Å²) in [6.07, 6.45) is 2.32. The van der Waals surface area contributed by atoms with Gasteiger partial charge in [-0.2, -0.15) is 0 Å². The summed E-state index contributed by atoms with van der Waals surface area (Å²) in [5.74, 6) is -2.13. The number of hydrogen-bond acceptors (Lipinski definition) is 4. The lowest BCUT2D eigenvalue weighted by atomic mass is 10.1. The molecule has 8 heteroatoms. The van der Waals surface area contributed by atoms with Crippen molar-refractivity contribution in [1.82, 2.24) is 14.8 Å². The molecule has 1 saturated heterocycles. The van der Waals surface area contributed by atoms with Crippen molar-refractivity contribution in [3.63, 3.8) is 0 Å². The Morgan fingerprint density at radius 2 is 1.75 bits per heavy atom. The predicted molar refractivity (Wildman–Crippen MR) is 98.2 cm³/mol. The quantitative estimate of drug-likeness (QED) is 0.807. The van der Waals surface area contributed by atoms with E-state index in [-0.39, 0.29) is 12.0 Å². The number of piperidine rings is 1. The second kappa shape index (κ2) is 8.33. The molecule has 1 aliphatic heterocycles. The van der Waals surface area contributed by atoms with Crippen molar-refractivity contribution in [1.29, 1.82) is 0 Å². The van der Waals surface area contributed by atoms with Gasteiger partial charge in [-0.3, -0.25) is 9.59 Å². The number of pyridine rings is 1. The van der Waals surface area contributed by atoms with Crippen LogP contribution >= 0.6 is 0 Å². The van der Waals surface area contributed by atoms with Gasteiger partial charge in [0.05, 0.1) is 5.56 Å². The van der Waals surface area contributed by atoms with E-state index in [9.17, 15) is 18.4 Å². The summed E-state index contributed by atoms with van der Waals surface area (Å²) in [7, 11) is 3.32. The molecule has 148 valence electrons. The normalized spacial score (nSPS) is 14.6. The van der Waals surface area contributed by atoms with E-state index in [1.807, 2.05) is 0 Å². The number of carbonyl (C=O) groups is 2. The largest absolute Gasteiger partial charge is 0.474 e. The third kappa shape index (κ3) is 4.27. The first-order valence-electron chi connectivity index (χ1n) is 8.94. The molecule has 0 aliphatic carbocycles. The molecule has 2 amide bonds. The molecule has 0 radical (unpaired) electrons. The molecule has 1 fully saturated rings. The number of halogens is 2. The van der Waals surface area contributed by atoms with Crippen molar-refractivity contribution in [3.8, 4) is 5.88 Å². The first-order chi connectivity index (χ1) is 13.4. The fourth-order valence-electron chi connectivity index (χ4n) is 3.04. The van der Waals surface area contributed by atoms with Crippen LogP contribution in [0.2, 0.25) is 0 Å². The highest BCUT2D eigenvalue weighted by Gasteiger charge is 2.28. The fraction of sp³-hybridized carbons (Fsp3) is 0.350. The molecule has 2 aromatic rings. The molecular formula is C20H21F2N3O3. The van der Waals surface area contributed by atoms with Crippen LogP contribution in [0, 0.1) is 11.6 Å². The minimum absolute atomic E-state index is 0.147. The average molecular weight is 389 g/mol. The summed E-state index contributed by atoms with van der Waals surface area (Å²) in [4.78, 5) is 31.3. The van der Waals surface area contributed by atoms with Crippen LogP contribution in [-0.4, -0.2) is 59.9 Å². The van der Waals surface area contributed by atoms with Gasteiger partial charge < -0.3 is 14.5 Å². The van der Waals surface area contributed by atoms with Crippen LogP contribution < -0.4 is 4.74 Å². The second-order valence-corrected chi connectivity index (χ2v) is 6.79. The third-order valence-electron chi connectivity index (χ3n) is 4.58. The lowest BCUT2D eigenvalue weighted by Crippen LogP contribution is -2.42. The fourth-order valence-corrected chi connectivity index (χ4v) is 3.04. The minimum Gasteiger partial charge on any atom is -0.474 e. The van der Waals surface area contributed by atoms with E-state index in [1.54, 1.807) is 26.2 Å². The molecule has 0 atom stereocenters. The monoisotopic (exact) mass is 389 g/mol. The van der Waals surface area contributed by atoms with Gasteiger partial charge in [-0.05, 0) is 18.2 Å². The molecule has 28 heavy (non-hydrogen) atoms. The molecular weight excluding hydrogens is 368 g/mol. The summed E-state index contributed by atoms with van der Waals surface area (Å²) in [5.41, 5.74) is -0.0608. The molecule has 3 rings (SSSR count). The Kier molecular flexibility index (Phi) is 5.87. The van der Waals surface area contributed by atoms with Gasteiger partial charge in [-0.15, -0.1) is 0 Å². The molecule has 6 nitrogen and oxygen atoms in total. The number of amides is 2. The van der Waals surface area contributed by atoms with E-state index >= 15 is 0 Å². The van der Waals surface area contributed by atoms with Gasteiger partial charge in [-0.25, -0.2) is 13.8 Å². The number of rotatable bonds is 4. The zero-order valence-corrected chi connectivity index (χ0v) is 15.7. The van der Waals surface area contributed by atoms with Gasteiger partial charge in [0, 0.05) is 52.3 Å². The Bertz CT molecular complexity index is 843. The number of benzene rings is 1. The minimum atomic E-state index is -0.861. The predicted octanol–water partition coefficient (Wildman–Crippen LogP) is 2.75. The SMILES string of the molecule is CN(C)C(=O)c1ccc(OC2CCN(C(=O)c3c(F)cccc3F)CC2)nc1. The smallest absolute Gasteiger partial charge is 0.259 e. The Labute approximate surface area is 161 Å². The van der Waals surface area contributed by atoms with Gasteiger partial charge in [0.15, 0.2) is 0 Å². The number of nitrogens with zero attached hydrogens (tertiary/aromatic N) is 3. The van der Waals surface area contributed by atoms with E-state index in [2.05, 4.69) is 4.98 Å². The molecule has 1 aliphatic rings. The van der Waals surface area contributed by atoms with Crippen LogP contribution in [0.1, 0.15) is 33.6 Å². The zero-order chi connectivity index (χ0) is 20.3. The summed E-state index contributed by atoms with van der Waals surface area (Å²) in [6.45, 7) is 0.656.